The molecule has 0 saturated carbocycles. The SMILES string of the molecule is CC(C)NC(C)(C#N)CC(C)N(C)CC1CCN(C)CC1. The van der Waals surface area contributed by atoms with E-state index in [0.29, 0.717) is 12.1 Å². The first-order valence-electron chi connectivity index (χ1n) is 8.33. The smallest absolute Gasteiger partial charge is 0.105 e. The van der Waals surface area contributed by atoms with Gasteiger partial charge < -0.3 is 9.80 Å². The highest BCUT2D eigenvalue weighted by atomic mass is 15.1. The Labute approximate surface area is 131 Å². The van der Waals surface area contributed by atoms with E-state index < -0.39 is 5.54 Å². The lowest BCUT2D eigenvalue weighted by molar-refractivity contribution is 0.140. The van der Waals surface area contributed by atoms with Gasteiger partial charge in [-0.1, -0.05) is 0 Å². The van der Waals surface area contributed by atoms with Gasteiger partial charge in [-0.2, -0.15) is 5.26 Å². The fourth-order valence-corrected chi connectivity index (χ4v) is 3.35. The van der Waals surface area contributed by atoms with Crippen LogP contribution in [0.3, 0.4) is 0 Å². The summed E-state index contributed by atoms with van der Waals surface area (Å²) in [7, 11) is 4.41. The van der Waals surface area contributed by atoms with Crippen molar-refractivity contribution in [3.8, 4) is 6.07 Å². The summed E-state index contributed by atoms with van der Waals surface area (Å²) >= 11 is 0. The molecule has 1 N–H and O–H groups in total. The molecule has 0 spiro atoms. The number of piperidine rings is 1. The first-order chi connectivity index (χ1) is 9.75. The zero-order chi connectivity index (χ0) is 16.0. The van der Waals surface area contributed by atoms with Crippen LogP contribution in [0.25, 0.3) is 0 Å². The molecule has 1 saturated heterocycles. The molecular formula is C17H34N4. The van der Waals surface area contributed by atoms with E-state index in [2.05, 4.69) is 56.1 Å². The minimum absolute atomic E-state index is 0.334. The zero-order valence-electron chi connectivity index (χ0n) is 14.8. The van der Waals surface area contributed by atoms with Crippen molar-refractivity contribution >= 4 is 0 Å². The Morgan fingerprint density at radius 3 is 2.38 bits per heavy atom. The second kappa shape index (κ2) is 8.12. The van der Waals surface area contributed by atoms with Crippen molar-refractivity contribution in [3.05, 3.63) is 0 Å². The summed E-state index contributed by atoms with van der Waals surface area (Å²) in [5.41, 5.74) is -0.436. The second-order valence-electron chi connectivity index (χ2n) is 7.48. The van der Waals surface area contributed by atoms with Gasteiger partial charge >= 0.3 is 0 Å². The van der Waals surface area contributed by atoms with E-state index in [1.54, 1.807) is 0 Å². The van der Waals surface area contributed by atoms with Crippen molar-refractivity contribution in [2.75, 3.05) is 33.7 Å². The fraction of sp³-hybridized carbons (Fsp3) is 0.941. The van der Waals surface area contributed by atoms with Gasteiger partial charge in [-0.25, -0.2) is 0 Å². The van der Waals surface area contributed by atoms with Crippen LogP contribution in [0.5, 0.6) is 0 Å². The summed E-state index contributed by atoms with van der Waals surface area (Å²) in [6, 6.07) is 3.21. The third-order valence-electron chi connectivity index (χ3n) is 4.69. The molecule has 0 amide bonds. The van der Waals surface area contributed by atoms with Crippen molar-refractivity contribution in [3.63, 3.8) is 0 Å². The maximum absolute atomic E-state index is 9.48. The molecular weight excluding hydrogens is 260 g/mol. The standard InChI is InChI=1S/C17H34N4/c1-14(2)19-17(4,13-18)11-15(3)21(6)12-16-7-9-20(5)10-8-16/h14-16,19H,7-12H2,1-6H3. The van der Waals surface area contributed by atoms with E-state index in [1.807, 2.05) is 6.92 Å². The number of likely N-dealkylation sites (tertiary alicyclic amines) is 1. The predicted molar refractivity (Wildman–Crippen MR) is 89.2 cm³/mol. The number of nitrogens with one attached hydrogen (secondary N) is 1. The molecule has 0 aromatic rings. The van der Waals surface area contributed by atoms with Crippen LogP contribution in [0.4, 0.5) is 0 Å². The Bertz CT molecular complexity index is 341. The number of hydrogen-bond donors (Lipinski definition) is 1. The van der Waals surface area contributed by atoms with E-state index in [4.69, 9.17) is 0 Å². The van der Waals surface area contributed by atoms with E-state index in [1.165, 1.54) is 25.9 Å². The quantitative estimate of drug-likeness (QED) is 0.782. The highest BCUT2D eigenvalue weighted by Gasteiger charge is 2.29. The van der Waals surface area contributed by atoms with Gasteiger partial charge in [-0.15, -0.1) is 0 Å². The summed E-state index contributed by atoms with van der Waals surface area (Å²) in [4.78, 5) is 4.85. The molecule has 1 aliphatic rings. The molecule has 21 heavy (non-hydrogen) atoms. The molecule has 4 nitrogen and oxygen atoms in total. The molecule has 0 aromatic carbocycles. The monoisotopic (exact) mass is 294 g/mol. The van der Waals surface area contributed by atoms with Crippen molar-refractivity contribution in [1.29, 1.82) is 5.26 Å². The van der Waals surface area contributed by atoms with Crippen LogP contribution in [0.15, 0.2) is 0 Å². The second-order valence-corrected chi connectivity index (χ2v) is 7.48. The summed E-state index contributed by atoms with van der Waals surface area (Å²) in [5, 5.41) is 12.9. The van der Waals surface area contributed by atoms with E-state index in [9.17, 15) is 5.26 Å². The maximum Gasteiger partial charge on any atom is 0.105 e. The van der Waals surface area contributed by atoms with Gasteiger partial charge in [0.05, 0.1) is 6.07 Å². The van der Waals surface area contributed by atoms with E-state index >= 15 is 0 Å². The summed E-state index contributed by atoms with van der Waals surface area (Å²) in [6.45, 7) is 12.1. The zero-order valence-corrected chi connectivity index (χ0v) is 14.8. The summed E-state index contributed by atoms with van der Waals surface area (Å²) < 4.78 is 0. The number of nitrogens with zero attached hydrogens (tertiary/aromatic N) is 3. The first-order valence-corrected chi connectivity index (χ1v) is 8.33. The lowest BCUT2D eigenvalue weighted by atomic mass is 9.92. The minimum Gasteiger partial charge on any atom is -0.306 e. The van der Waals surface area contributed by atoms with Gasteiger partial charge in [-0.05, 0) is 80.1 Å². The van der Waals surface area contributed by atoms with Gasteiger partial charge in [0.2, 0.25) is 0 Å². The molecule has 2 unspecified atom stereocenters. The van der Waals surface area contributed by atoms with Crippen LogP contribution in [0, 0.1) is 17.2 Å². The molecule has 122 valence electrons. The van der Waals surface area contributed by atoms with Crippen molar-refractivity contribution in [1.82, 2.24) is 15.1 Å². The van der Waals surface area contributed by atoms with Crippen LogP contribution >= 0.6 is 0 Å². The van der Waals surface area contributed by atoms with Crippen molar-refractivity contribution < 1.29 is 0 Å². The summed E-state index contributed by atoms with van der Waals surface area (Å²) in [6.07, 6.45) is 3.46. The van der Waals surface area contributed by atoms with Gasteiger partial charge in [0.1, 0.15) is 5.54 Å². The lowest BCUT2D eigenvalue weighted by Crippen LogP contribution is -2.49. The molecule has 1 aliphatic heterocycles. The average Bonchev–Trinajstić information content (AvgIpc) is 2.40. The highest BCUT2D eigenvalue weighted by Crippen LogP contribution is 2.21. The molecule has 4 heteroatoms. The van der Waals surface area contributed by atoms with Crippen LogP contribution < -0.4 is 5.32 Å². The molecule has 1 rings (SSSR count). The van der Waals surface area contributed by atoms with E-state index in [-0.39, 0.29) is 0 Å². The maximum atomic E-state index is 9.48. The van der Waals surface area contributed by atoms with Gasteiger partial charge in [-0.3, -0.25) is 5.32 Å². The molecule has 1 fully saturated rings. The normalized spacial score (nSPS) is 22.2. The Morgan fingerprint density at radius 1 is 1.33 bits per heavy atom. The average molecular weight is 294 g/mol. The van der Waals surface area contributed by atoms with Crippen LogP contribution in [-0.2, 0) is 0 Å². The largest absolute Gasteiger partial charge is 0.306 e. The predicted octanol–water partition coefficient (Wildman–Crippen LogP) is 2.32. The molecule has 0 aliphatic carbocycles. The molecule has 2 atom stereocenters. The highest BCUT2D eigenvalue weighted by molar-refractivity contribution is 5.06. The molecule has 0 bridgehead atoms. The van der Waals surface area contributed by atoms with Gasteiger partial charge in [0.25, 0.3) is 0 Å². The van der Waals surface area contributed by atoms with Gasteiger partial charge in [0, 0.05) is 18.6 Å². The third kappa shape index (κ3) is 6.34. The lowest BCUT2D eigenvalue weighted by Gasteiger charge is -2.36. The van der Waals surface area contributed by atoms with Crippen molar-refractivity contribution in [2.24, 2.45) is 5.92 Å². The fourth-order valence-electron chi connectivity index (χ4n) is 3.35. The Balaban J connectivity index is 2.46. The van der Waals surface area contributed by atoms with Gasteiger partial charge in [0.15, 0.2) is 0 Å². The summed E-state index contributed by atoms with van der Waals surface area (Å²) in [5.74, 6) is 0.806. The minimum atomic E-state index is -0.436. The molecule has 1 heterocycles. The first kappa shape index (κ1) is 18.4. The van der Waals surface area contributed by atoms with E-state index in [0.717, 1.165) is 18.9 Å². The molecule has 0 aromatic heterocycles. The Kier molecular flexibility index (Phi) is 7.12. The van der Waals surface area contributed by atoms with Crippen LogP contribution in [0.2, 0.25) is 0 Å². The van der Waals surface area contributed by atoms with Crippen LogP contribution in [0.1, 0.15) is 47.0 Å². The number of rotatable bonds is 7. The van der Waals surface area contributed by atoms with Crippen molar-refractivity contribution in [2.45, 2.75) is 64.6 Å². The molecule has 0 radical (unpaired) electrons. The number of hydrogen-bond acceptors (Lipinski definition) is 4. The Morgan fingerprint density at radius 2 is 1.90 bits per heavy atom. The number of nitriles is 1. The topological polar surface area (TPSA) is 42.3 Å². The Hall–Kier alpha value is -0.630. The third-order valence-corrected chi connectivity index (χ3v) is 4.69. The van der Waals surface area contributed by atoms with Crippen LogP contribution in [-0.4, -0.2) is 61.2 Å².